The molecule has 1 unspecified atom stereocenters. The molecule has 4 aliphatic rings. The molecule has 0 aromatic heterocycles. The van der Waals surface area contributed by atoms with Crippen molar-refractivity contribution in [2.24, 2.45) is 46.3 Å². The molecule has 3 heteroatoms. The summed E-state index contributed by atoms with van der Waals surface area (Å²) in [5.41, 5.74) is 3.18. The second kappa shape index (κ2) is 12.8. The molecule has 43 heavy (non-hydrogen) atoms. The maximum atomic E-state index is 6.33. The SMILES string of the molecule is CC(C)CCC[C@@H](C)[C@H]1CC[C@@H](C)[C@]1(C)CC[C@H]1CCC[C@H]2CC(c3ccc(B4OC(C)(C)C(C)(C)O4)cc3)CC[C@]12C. The van der Waals surface area contributed by atoms with E-state index in [1.165, 1.54) is 89.0 Å². The van der Waals surface area contributed by atoms with Crippen LogP contribution in [0.25, 0.3) is 0 Å². The number of hydrogen-bond acceptors (Lipinski definition) is 2. The quantitative estimate of drug-likeness (QED) is 0.252. The second-order valence-electron chi connectivity index (χ2n) is 18.0. The van der Waals surface area contributed by atoms with Crippen molar-refractivity contribution in [2.75, 3.05) is 0 Å². The molecule has 1 aliphatic heterocycles. The maximum absolute atomic E-state index is 6.33. The number of rotatable bonds is 10. The molecule has 5 rings (SSSR count). The summed E-state index contributed by atoms with van der Waals surface area (Å²) in [6.07, 6.45) is 18.6. The third-order valence-electron chi connectivity index (χ3n) is 14.5. The standard InChI is InChI=1S/C40H67BO2/c1-28(2)13-11-14-29(3)36-22-17-30(4)39(36,9)26-24-33-15-12-16-34-27-32(23-25-40(33,34)10)31-18-20-35(21-19-31)41-42-37(5,6)38(7,8)43-41/h18-21,28-30,32-34,36H,11-17,22-27H2,1-10H3/t29-,30-,32?,33-,34+,36-,39+,40-/m1/s1. The molecule has 0 spiro atoms. The van der Waals surface area contributed by atoms with Crippen LogP contribution in [0.15, 0.2) is 24.3 Å². The van der Waals surface area contributed by atoms with Gasteiger partial charge in [0, 0.05) is 0 Å². The van der Waals surface area contributed by atoms with Crippen LogP contribution in [0.1, 0.15) is 164 Å². The van der Waals surface area contributed by atoms with Crippen molar-refractivity contribution in [3.05, 3.63) is 29.8 Å². The summed E-state index contributed by atoms with van der Waals surface area (Å²) in [6, 6.07) is 9.33. The van der Waals surface area contributed by atoms with Crippen LogP contribution in [-0.2, 0) is 9.31 Å². The van der Waals surface area contributed by atoms with Gasteiger partial charge in [0.25, 0.3) is 0 Å². The van der Waals surface area contributed by atoms with E-state index in [2.05, 4.69) is 93.5 Å². The largest absolute Gasteiger partial charge is 0.494 e. The lowest BCUT2D eigenvalue weighted by atomic mass is 9.52. The fraction of sp³-hybridized carbons (Fsp3) is 0.850. The summed E-state index contributed by atoms with van der Waals surface area (Å²) >= 11 is 0. The molecule has 242 valence electrons. The minimum absolute atomic E-state index is 0.264. The summed E-state index contributed by atoms with van der Waals surface area (Å²) < 4.78 is 12.7. The minimum Gasteiger partial charge on any atom is -0.399 e. The Balaban J connectivity index is 1.19. The van der Waals surface area contributed by atoms with Crippen LogP contribution >= 0.6 is 0 Å². The summed E-state index contributed by atoms with van der Waals surface area (Å²) in [5, 5.41) is 0. The molecule has 1 saturated heterocycles. The van der Waals surface area contributed by atoms with Gasteiger partial charge < -0.3 is 9.31 Å². The van der Waals surface area contributed by atoms with Gasteiger partial charge >= 0.3 is 7.12 Å². The van der Waals surface area contributed by atoms with Gasteiger partial charge in [0.2, 0.25) is 0 Å². The lowest BCUT2D eigenvalue weighted by molar-refractivity contribution is -0.0211. The highest BCUT2D eigenvalue weighted by Gasteiger charge is 2.52. The van der Waals surface area contributed by atoms with Crippen LogP contribution in [0, 0.1) is 46.3 Å². The van der Waals surface area contributed by atoms with Crippen LogP contribution in [0.2, 0.25) is 0 Å². The number of fused-ring (bicyclic) bond motifs is 1. The van der Waals surface area contributed by atoms with Crippen molar-refractivity contribution < 1.29 is 9.31 Å². The van der Waals surface area contributed by atoms with Gasteiger partial charge in [-0.2, -0.15) is 0 Å². The first-order valence-corrected chi connectivity index (χ1v) is 18.6. The Bertz CT molecular complexity index is 1040. The Morgan fingerprint density at radius 1 is 0.837 bits per heavy atom. The van der Waals surface area contributed by atoms with Crippen LogP contribution in [0.3, 0.4) is 0 Å². The first kappa shape index (κ1) is 33.6. The highest BCUT2D eigenvalue weighted by atomic mass is 16.7. The average molecular weight is 591 g/mol. The molecule has 0 N–H and O–H groups in total. The van der Waals surface area contributed by atoms with E-state index in [0.717, 1.165) is 41.0 Å². The summed E-state index contributed by atoms with van der Waals surface area (Å²) in [6.45, 7) is 23.9. The van der Waals surface area contributed by atoms with Crippen LogP contribution in [0.5, 0.6) is 0 Å². The van der Waals surface area contributed by atoms with Crippen molar-refractivity contribution in [1.82, 2.24) is 0 Å². The highest BCUT2D eigenvalue weighted by molar-refractivity contribution is 6.62. The predicted octanol–water partition coefficient (Wildman–Crippen LogP) is 11.0. The topological polar surface area (TPSA) is 18.5 Å². The highest BCUT2D eigenvalue weighted by Crippen LogP contribution is 2.60. The van der Waals surface area contributed by atoms with E-state index in [4.69, 9.17) is 9.31 Å². The molecular weight excluding hydrogens is 523 g/mol. The van der Waals surface area contributed by atoms with Crippen LogP contribution < -0.4 is 5.46 Å². The Labute approximate surface area is 267 Å². The molecule has 1 heterocycles. The Kier molecular flexibility index (Phi) is 9.97. The van der Waals surface area contributed by atoms with Crippen LogP contribution in [-0.4, -0.2) is 18.3 Å². The second-order valence-corrected chi connectivity index (χ2v) is 18.0. The molecule has 2 nitrogen and oxygen atoms in total. The Hall–Kier alpha value is -0.795. The molecular formula is C40H67BO2. The molecule has 0 radical (unpaired) electrons. The summed E-state index contributed by atoms with van der Waals surface area (Å²) in [5.74, 6) is 6.04. The van der Waals surface area contributed by atoms with Crippen molar-refractivity contribution in [3.8, 4) is 0 Å². The molecule has 4 fully saturated rings. The van der Waals surface area contributed by atoms with Crippen molar-refractivity contribution in [3.63, 3.8) is 0 Å². The maximum Gasteiger partial charge on any atom is 0.494 e. The van der Waals surface area contributed by atoms with Crippen molar-refractivity contribution >= 4 is 12.6 Å². The van der Waals surface area contributed by atoms with Crippen LogP contribution in [0.4, 0.5) is 0 Å². The van der Waals surface area contributed by atoms with Gasteiger partial charge in [-0.05, 0) is 149 Å². The van der Waals surface area contributed by atoms with Gasteiger partial charge in [-0.15, -0.1) is 0 Å². The van der Waals surface area contributed by atoms with Crippen molar-refractivity contribution in [1.29, 1.82) is 0 Å². The molecule has 8 atom stereocenters. The molecule has 3 aliphatic carbocycles. The van der Waals surface area contributed by atoms with Gasteiger partial charge in [0.05, 0.1) is 11.2 Å². The number of hydrogen-bond donors (Lipinski definition) is 0. The average Bonchev–Trinajstić information content (AvgIpc) is 3.36. The fourth-order valence-corrected chi connectivity index (χ4v) is 10.4. The van der Waals surface area contributed by atoms with E-state index >= 15 is 0 Å². The Morgan fingerprint density at radius 2 is 1.51 bits per heavy atom. The third-order valence-corrected chi connectivity index (χ3v) is 14.5. The Morgan fingerprint density at radius 3 is 2.16 bits per heavy atom. The first-order valence-electron chi connectivity index (χ1n) is 18.6. The molecule has 3 saturated carbocycles. The number of benzene rings is 1. The normalized spacial score (nSPS) is 37.9. The lowest BCUT2D eigenvalue weighted by Gasteiger charge is -2.53. The monoisotopic (exact) mass is 591 g/mol. The van der Waals surface area contributed by atoms with E-state index < -0.39 is 0 Å². The van der Waals surface area contributed by atoms with Gasteiger partial charge in [0.15, 0.2) is 0 Å². The molecule has 0 bridgehead atoms. The predicted molar refractivity (Wildman–Crippen MR) is 185 cm³/mol. The molecule has 1 aromatic carbocycles. The first-order chi connectivity index (χ1) is 20.2. The van der Waals surface area contributed by atoms with Gasteiger partial charge in [-0.3, -0.25) is 0 Å². The van der Waals surface area contributed by atoms with E-state index in [-0.39, 0.29) is 18.3 Å². The zero-order chi connectivity index (χ0) is 31.2. The van der Waals surface area contributed by atoms with E-state index in [1.54, 1.807) is 0 Å². The third kappa shape index (κ3) is 6.70. The lowest BCUT2D eigenvalue weighted by Crippen LogP contribution is -2.43. The van der Waals surface area contributed by atoms with E-state index in [9.17, 15) is 0 Å². The van der Waals surface area contributed by atoms with Gasteiger partial charge in [-0.1, -0.05) is 91.5 Å². The van der Waals surface area contributed by atoms with E-state index in [1.807, 2.05) is 0 Å². The van der Waals surface area contributed by atoms with E-state index in [0.29, 0.717) is 16.7 Å². The fourth-order valence-electron chi connectivity index (χ4n) is 10.4. The van der Waals surface area contributed by atoms with Crippen molar-refractivity contribution in [2.45, 2.75) is 170 Å². The van der Waals surface area contributed by atoms with Gasteiger partial charge in [-0.25, -0.2) is 0 Å². The minimum atomic E-state index is -0.290. The summed E-state index contributed by atoms with van der Waals surface area (Å²) in [4.78, 5) is 0. The smallest absolute Gasteiger partial charge is 0.399 e. The summed E-state index contributed by atoms with van der Waals surface area (Å²) in [7, 11) is -0.264. The zero-order valence-corrected chi connectivity index (χ0v) is 29.9. The zero-order valence-electron chi connectivity index (χ0n) is 29.9. The van der Waals surface area contributed by atoms with Gasteiger partial charge in [0.1, 0.15) is 0 Å². The molecule has 1 aromatic rings. The molecule has 0 amide bonds.